The molecule has 21 heavy (non-hydrogen) atoms. The maximum Gasteiger partial charge on any atom is 0.229 e. The average molecular weight is 341 g/mol. The third-order valence-corrected chi connectivity index (χ3v) is 6.23. The lowest BCUT2D eigenvalue weighted by Crippen LogP contribution is -2.28. The van der Waals surface area contributed by atoms with Gasteiger partial charge in [0.15, 0.2) is 4.34 Å². The topological polar surface area (TPSA) is 64.1 Å². The number of thioether (sulfide) groups is 1. The summed E-state index contributed by atoms with van der Waals surface area (Å²) in [4.78, 5) is 13.4. The molecule has 1 N–H and O–H groups in total. The number of amides is 1. The highest BCUT2D eigenvalue weighted by Gasteiger charge is 2.22. The Labute approximate surface area is 135 Å². The fourth-order valence-corrected chi connectivity index (χ4v) is 4.54. The van der Waals surface area contributed by atoms with Crippen molar-refractivity contribution in [3.63, 3.8) is 0 Å². The first-order chi connectivity index (χ1) is 10.3. The standard InChI is InChI=1S/C13H15N3O2S3/c17-11(9-3-5-18-6-4-9)14-12-15-16-13(21-12)20-8-10-2-1-7-19-10/h1-2,7,9H,3-6,8H2,(H,14,15,17). The highest BCUT2D eigenvalue weighted by molar-refractivity contribution is 8.00. The van der Waals surface area contributed by atoms with Gasteiger partial charge in [-0.15, -0.1) is 21.5 Å². The largest absolute Gasteiger partial charge is 0.381 e. The van der Waals surface area contributed by atoms with Gasteiger partial charge in [-0.1, -0.05) is 29.2 Å². The first kappa shape index (κ1) is 15.0. The van der Waals surface area contributed by atoms with Gasteiger partial charge in [0.2, 0.25) is 11.0 Å². The summed E-state index contributed by atoms with van der Waals surface area (Å²) in [6.07, 6.45) is 1.56. The molecule has 0 atom stereocenters. The van der Waals surface area contributed by atoms with Gasteiger partial charge in [-0.3, -0.25) is 4.79 Å². The van der Waals surface area contributed by atoms with Crippen molar-refractivity contribution in [2.75, 3.05) is 18.5 Å². The summed E-state index contributed by atoms with van der Waals surface area (Å²) in [5, 5.41) is 13.7. The van der Waals surface area contributed by atoms with Crippen molar-refractivity contribution in [1.29, 1.82) is 0 Å². The Hall–Kier alpha value is -0.960. The van der Waals surface area contributed by atoms with Crippen LogP contribution in [0.3, 0.4) is 0 Å². The van der Waals surface area contributed by atoms with Gasteiger partial charge in [0.05, 0.1) is 0 Å². The smallest absolute Gasteiger partial charge is 0.229 e. The zero-order valence-corrected chi connectivity index (χ0v) is 13.7. The first-order valence-electron chi connectivity index (χ1n) is 6.68. The predicted molar refractivity (Wildman–Crippen MR) is 86.0 cm³/mol. The Bertz CT molecular complexity index is 579. The third kappa shape index (κ3) is 4.26. The second-order valence-electron chi connectivity index (χ2n) is 4.62. The number of aromatic nitrogens is 2. The molecular formula is C13H15N3O2S3. The van der Waals surface area contributed by atoms with Crippen molar-refractivity contribution < 1.29 is 9.53 Å². The van der Waals surface area contributed by atoms with Crippen LogP contribution in [0.25, 0.3) is 0 Å². The molecule has 0 aliphatic carbocycles. The summed E-state index contributed by atoms with van der Waals surface area (Å²) in [5.74, 6) is 0.953. The van der Waals surface area contributed by atoms with E-state index in [1.807, 2.05) is 6.07 Å². The molecule has 1 aliphatic heterocycles. The molecule has 0 bridgehead atoms. The quantitative estimate of drug-likeness (QED) is 0.668. The summed E-state index contributed by atoms with van der Waals surface area (Å²) < 4.78 is 6.14. The van der Waals surface area contributed by atoms with E-state index in [1.165, 1.54) is 16.2 Å². The minimum Gasteiger partial charge on any atom is -0.381 e. The van der Waals surface area contributed by atoms with Gasteiger partial charge in [-0.25, -0.2) is 0 Å². The molecule has 1 aliphatic rings. The van der Waals surface area contributed by atoms with Crippen LogP contribution in [-0.2, 0) is 15.3 Å². The molecule has 5 nitrogen and oxygen atoms in total. The molecule has 0 radical (unpaired) electrons. The molecule has 1 amide bonds. The van der Waals surface area contributed by atoms with E-state index in [0.29, 0.717) is 18.3 Å². The Morgan fingerprint density at radius 1 is 1.43 bits per heavy atom. The van der Waals surface area contributed by atoms with Crippen LogP contribution in [0.2, 0.25) is 0 Å². The Kier molecular flexibility index (Phi) is 5.23. The van der Waals surface area contributed by atoms with Crippen LogP contribution in [0.4, 0.5) is 5.13 Å². The van der Waals surface area contributed by atoms with Gasteiger partial charge in [0.1, 0.15) is 0 Å². The number of rotatable bonds is 5. The Morgan fingerprint density at radius 3 is 3.05 bits per heavy atom. The fraction of sp³-hybridized carbons (Fsp3) is 0.462. The summed E-state index contributed by atoms with van der Waals surface area (Å²) in [6, 6.07) is 4.15. The maximum atomic E-state index is 12.1. The highest BCUT2D eigenvalue weighted by Crippen LogP contribution is 2.30. The molecule has 3 rings (SSSR count). The summed E-state index contributed by atoms with van der Waals surface area (Å²) in [7, 11) is 0. The van der Waals surface area contributed by atoms with E-state index in [-0.39, 0.29) is 11.8 Å². The van der Waals surface area contributed by atoms with Gasteiger partial charge < -0.3 is 10.1 Å². The SMILES string of the molecule is O=C(Nc1nnc(SCc2cccs2)s1)C1CCOCC1. The molecular weight excluding hydrogens is 326 g/mol. The number of hydrogen-bond acceptors (Lipinski definition) is 7. The molecule has 0 spiro atoms. The second kappa shape index (κ2) is 7.35. The molecule has 8 heteroatoms. The van der Waals surface area contributed by atoms with E-state index in [4.69, 9.17) is 4.74 Å². The minimum absolute atomic E-state index is 0.0317. The molecule has 0 unspecified atom stereocenters. The number of nitrogens with zero attached hydrogens (tertiary/aromatic N) is 2. The maximum absolute atomic E-state index is 12.1. The van der Waals surface area contributed by atoms with Crippen molar-refractivity contribution >= 4 is 45.5 Å². The van der Waals surface area contributed by atoms with Gasteiger partial charge in [0, 0.05) is 29.8 Å². The van der Waals surface area contributed by atoms with E-state index in [2.05, 4.69) is 27.0 Å². The van der Waals surface area contributed by atoms with Crippen LogP contribution >= 0.6 is 34.4 Å². The van der Waals surface area contributed by atoms with Crippen molar-refractivity contribution in [3.8, 4) is 0 Å². The monoisotopic (exact) mass is 341 g/mol. The highest BCUT2D eigenvalue weighted by atomic mass is 32.2. The Balaban J connectivity index is 1.51. The predicted octanol–water partition coefficient (Wildman–Crippen LogP) is 3.26. The number of nitrogens with one attached hydrogen (secondary N) is 1. The van der Waals surface area contributed by atoms with Crippen LogP contribution in [0, 0.1) is 5.92 Å². The number of hydrogen-bond donors (Lipinski definition) is 1. The fourth-order valence-electron chi connectivity index (χ4n) is 2.01. The van der Waals surface area contributed by atoms with Crippen LogP contribution in [0.1, 0.15) is 17.7 Å². The number of anilines is 1. The van der Waals surface area contributed by atoms with Crippen LogP contribution in [-0.4, -0.2) is 29.3 Å². The van der Waals surface area contributed by atoms with Gasteiger partial charge in [-0.05, 0) is 24.3 Å². The lowest BCUT2D eigenvalue weighted by molar-refractivity contribution is -0.122. The van der Waals surface area contributed by atoms with Gasteiger partial charge in [-0.2, -0.15) is 0 Å². The van der Waals surface area contributed by atoms with Crippen molar-refractivity contribution in [2.24, 2.45) is 5.92 Å². The average Bonchev–Trinajstić information content (AvgIpc) is 3.17. The van der Waals surface area contributed by atoms with E-state index in [9.17, 15) is 4.79 Å². The molecule has 1 fully saturated rings. The van der Waals surface area contributed by atoms with Crippen molar-refractivity contribution in [2.45, 2.75) is 22.9 Å². The number of thiophene rings is 1. The first-order valence-corrected chi connectivity index (χ1v) is 9.37. The van der Waals surface area contributed by atoms with E-state index < -0.39 is 0 Å². The lowest BCUT2D eigenvalue weighted by Gasteiger charge is -2.20. The number of carbonyl (C=O) groups is 1. The lowest BCUT2D eigenvalue weighted by atomic mass is 10.00. The van der Waals surface area contributed by atoms with E-state index in [1.54, 1.807) is 23.1 Å². The summed E-state index contributed by atoms with van der Waals surface area (Å²) in [5.41, 5.74) is 0. The molecule has 0 aromatic carbocycles. The zero-order valence-electron chi connectivity index (χ0n) is 11.3. The van der Waals surface area contributed by atoms with Crippen LogP contribution in [0.15, 0.2) is 21.9 Å². The molecule has 3 heterocycles. The normalized spacial score (nSPS) is 16.0. The number of ether oxygens (including phenoxy) is 1. The van der Waals surface area contributed by atoms with Crippen LogP contribution in [0.5, 0.6) is 0 Å². The van der Waals surface area contributed by atoms with Crippen molar-refractivity contribution in [1.82, 2.24) is 10.2 Å². The second-order valence-corrected chi connectivity index (χ2v) is 7.85. The van der Waals surface area contributed by atoms with Gasteiger partial charge >= 0.3 is 0 Å². The minimum atomic E-state index is 0.0317. The Morgan fingerprint density at radius 2 is 2.29 bits per heavy atom. The van der Waals surface area contributed by atoms with Crippen LogP contribution < -0.4 is 5.32 Å². The molecule has 2 aromatic rings. The van der Waals surface area contributed by atoms with E-state index in [0.717, 1.165) is 22.9 Å². The molecule has 1 saturated heterocycles. The van der Waals surface area contributed by atoms with Crippen molar-refractivity contribution in [3.05, 3.63) is 22.4 Å². The molecule has 112 valence electrons. The molecule has 2 aromatic heterocycles. The summed E-state index contributed by atoms with van der Waals surface area (Å²) >= 11 is 4.81. The van der Waals surface area contributed by atoms with Gasteiger partial charge in [0.25, 0.3) is 0 Å². The summed E-state index contributed by atoms with van der Waals surface area (Å²) in [6.45, 7) is 1.33. The zero-order chi connectivity index (χ0) is 14.5. The number of carbonyl (C=O) groups excluding carboxylic acids is 1. The van der Waals surface area contributed by atoms with E-state index >= 15 is 0 Å². The molecule has 0 saturated carbocycles. The third-order valence-electron chi connectivity index (χ3n) is 3.15.